The molecule has 17 heavy (non-hydrogen) atoms. The Morgan fingerprint density at radius 2 is 2.06 bits per heavy atom. The topological polar surface area (TPSA) is 38.9 Å². The quantitative estimate of drug-likeness (QED) is 0.942. The maximum absolute atomic E-state index is 13.1. The summed E-state index contributed by atoms with van der Waals surface area (Å²) in [6.45, 7) is 0.500. The molecule has 0 aliphatic heterocycles. The molecule has 0 saturated carbocycles. The van der Waals surface area contributed by atoms with Gasteiger partial charge in [-0.3, -0.25) is 0 Å². The number of rotatable bonds is 3. The first-order valence-corrected chi connectivity index (χ1v) is 6.53. The van der Waals surface area contributed by atoms with Gasteiger partial charge in [-0.15, -0.1) is 11.3 Å². The Balaban J connectivity index is 2.39. The molecule has 0 saturated heterocycles. The summed E-state index contributed by atoms with van der Waals surface area (Å²) < 4.78 is 26.8. The van der Waals surface area contributed by atoms with E-state index >= 15 is 0 Å². The molecule has 0 aliphatic carbocycles. The highest BCUT2D eigenvalue weighted by atomic mass is 79.9. The Morgan fingerprint density at radius 1 is 1.29 bits per heavy atom. The van der Waals surface area contributed by atoms with E-state index in [0.29, 0.717) is 23.5 Å². The first-order valence-electron chi connectivity index (χ1n) is 4.92. The number of halogens is 3. The van der Waals surface area contributed by atoms with Crippen LogP contribution >= 0.6 is 27.3 Å². The van der Waals surface area contributed by atoms with Gasteiger partial charge in [0.1, 0.15) is 5.01 Å². The largest absolute Gasteiger partial charge is 0.330 e. The SMILES string of the molecule is NCCc1nc(-c2ccc(F)c(F)c2)sc1Br. The highest BCUT2D eigenvalue weighted by Crippen LogP contribution is 2.32. The van der Waals surface area contributed by atoms with Crippen molar-refractivity contribution in [3.05, 3.63) is 39.3 Å². The van der Waals surface area contributed by atoms with Crippen LogP contribution in [0.2, 0.25) is 0 Å². The second kappa shape index (κ2) is 5.20. The van der Waals surface area contributed by atoms with Crippen molar-refractivity contribution in [3.8, 4) is 10.6 Å². The Bertz CT molecular complexity index is 542. The fourth-order valence-corrected chi connectivity index (χ4v) is 2.96. The monoisotopic (exact) mass is 318 g/mol. The minimum absolute atomic E-state index is 0.500. The molecule has 0 radical (unpaired) electrons. The van der Waals surface area contributed by atoms with Crippen LogP contribution in [0.5, 0.6) is 0 Å². The highest BCUT2D eigenvalue weighted by Gasteiger charge is 2.11. The third-order valence-electron chi connectivity index (χ3n) is 2.20. The van der Waals surface area contributed by atoms with E-state index in [1.807, 2.05) is 0 Å². The van der Waals surface area contributed by atoms with Crippen LogP contribution in [0.3, 0.4) is 0 Å². The number of nitrogens with two attached hydrogens (primary N) is 1. The highest BCUT2D eigenvalue weighted by molar-refractivity contribution is 9.11. The molecule has 1 aromatic heterocycles. The fraction of sp³-hybridized carbons (Fsp3) is 0.182. The molecule has 90 valence electrons. The van der Waals surface area contributed by atoms with Gasteiger partial charge < -0.3 is 5.73 Å². The first-order chi connectivity index (χ1) is 8.11. The van der Waals surface area contributed by atoms with E-state index in [0.717, 1.165) is 21.6 Å². The molecule has 6 heteroatoms. The Kier molecular flexibility index (Phi) is 3.86. The normalized spacial score (nSPS) is 10.8. The average molecular weight is 319 g/mol. The lowest BCUT2D eigenvalue weighted by atomic mass is 10.2. The summed E-state index contributed by atoms with van der Waals surface area (Å²) >= 11 is 4.76. The van der Waals surface area contributed by atoms with Crippen LogP contribution in [0, 0.1) is 11.6 Å². The minimum Gasteiger partial charge on any atom is -0.330 e. The number of hydrogen-bond donors (Lipinski definition) is 1. The molecule has 1 heterocycles. The first kappa shape index (κ1) is 12.6. The average Bonchev–Trinajstić information content (AvgIpc) is 2.65. The fourth-order valence-electron chi connectivity index (χ4n) is 1.38. The van der Waals surface area contributed by atoms with Gasteiger partial charge in [-0.1, -0.05) is 0 Å². The van der Waals surface area contributed by atoms with E-state index in [2.05, 4.69) is 20.9 Å². The molecular weight excluding hydrogens is 310 g/mol. The zero-order valence-corrected chi connectivity index (χ0v) is 11.1. The summed E-state index contributed by atoms with van der Waals surface area (Å²) in [6, 6.07) is 3.76. The molecule has 0 spiro atoms. The van der Waals surface area contributed by atoms with Gasteiger partial charge in [0.05, 0.1) is 9.48 Å². The van der Waals surface area contributed by atoms with Crippen molar-refractivity contribution in [1.29, 1.82) is 0 Å². The minimum atomic E-state index is -0.866. The van der Waals surface area contributed by atoms with E-state index in [-0.39, 0.29) is 0 Å². The van der Waals surface area contributed by atoms with Gasteiger partial charge in [0.15, 0.2) is 11.6 Å². The molecular formula is C11H9BrF2N2S. The second-order valence-electron chi connectivity index (χ2n) is 3.41. The van der Waals surface area contributed by atoms with Crippen LogP contribution in [-0.4, -0.2) is 11.5 Å². The Morgan fingerprint density at radius 3 is 2.71 bits per heavy atom. The lowest BCUT2D eigenvalue weighted by molar-refractivity contribution is 0.509. The van der Waals surface area contributed by atoms with Gasteiger partial charge in [-0.05, 0) is 40.7 Å². The zero-order valence-electron chi connectivity index (χ0n) is 8.71. The number of aromatic nitrogens is 1. The van der Waals surface area contributed by atoms with E-state index in [9.17, 15) is 8.78 Å². The van der Waals surface area contributed by atoms with Gasteiger partial charge in [0.2, 0.25) is 0 Å². The number of thiazole rings is 1. The van der Waals surface area contributed by atoms with Crippen LogP contribution in [0.15, 0.2) is 22.0 Å². The molecule has 2 N–H and O–H groups in total. The van der Waals surface area contributed by atoms with Gasteiger partial charge in [-0.2, -0.15) is 0 Å². The van der Waals surface area contributed by atoms with Crippen molar-refractivity contribution < 1.29 is 8.78 Å². The van der Waals surface area contributed by atoms with Crippen LogP contribution in [0.4, 0.5) is 8.78 Å². The van der Waals surface area contributed by atoms with Gasteiger partial charge in [0, 0.05) is 12.0 Å². The standard InChI is InChI=1S/C11H9BrF2N2S/c12-10-9(3-4-15)16-11(17-10)6-1-2-7(13)8(14)5-6/h1-2,5H,3-4,15H2. The van der Waals surface area contributed by atoms with E-state index in [1.165, 1.54) is 17.4 Å². The van der Waals surface area contributed by atoms with Gasteiger partial charge in [0.25, 0.3) is 0 Å². The molecule has 2 nitrogen and oxygen atoms in total. The van der Waals surface area contributed by atoms with Crippen LogP contribution in [-0.2, 0) is 6.42 Å². The van der Waals surface area contributed by atoms with Crippen molar-refractivity contribution in [1.82, 2.24) is 4.98 Å². The van der Waals surface area contributed by atoms with E-state index < -0.39 is 11.6 Å². The third-order valence-corrected chi connectivity index (χ3v) is 4.08. The molecule has 0 aliphatic rings. The molecule has 2 rings (SSSR count). The van der Waals surface area contributed by atoms with Crippen molar-refractivity contribution in [2.75, 3.05) is 6.54 Å². The van der Waals surface area contributed by atoms with Crippen molar-refractivity contribution in [3.63, 3.8) is 0 Å². The second-order valence-corrected chi connectivity index (χ2v) is 5.72. The molecule has 1 aromatic carbocycles. The van der Waals surface area contributed by atoms with E-state index in [1.54, 1.807) is 0 Å². The molecule has 0 bridgehead atoms. The molecule has 0 amide bonds. The number of hydrogen-bond acceptors (Lipinski definition) is 3. The molecule has 2 aromatic rings. The van der Waals surface area contributed by atoms with Gasteiger partial charge >= 0.3 is 0 Å². The predicted octanol–water partition coefficient (Wildman–Crippen LogP) is 3.35. The van der Waals surface area contributed by atoms with Crippen molar-refractivity contribution in [2.45, 2.75) is 6.42 Å². The lowest BCUT2D eigenvalue weighted by Crippen LogP contribution is -2.03. The zero-order chi connectivity index (χ0) is 12.4. The lowest BCUT2D eigenvalue weighted by Gasteiger charge is -1.97. The van der Waals surface area contributed by atoms with Crippen LogP contribution in [0.1, 0.15) is 5.69 Å². The van der Waals surface area contributed by atoms with Crippen molar-refractivity contribution >= 4 is 27.3 Å². The maximum atomic E-state index is 13.1. The summed E-state index contributed by atoms with van der Waals surface area (Å²) in [6.07, 6.45) is 0.654. The van der Waals surface area contributed by atoms with Crippen molar-refractivity contribution in [2.24, 2.45) is 5.73 Å². The summed E-state index contributed by atoms with van der Waals surface area (Å²) in [5.74, 6) is -1.72. The summed E-state index contributed by atoms with van der Waals surface area (Å²) in [5.41, 5.74) is 6.87. The van der Waals surface area contributed by atoms with Crippen LogP contribution in [0.25, 0.3) is 10.6 Å². The number of benzene rings is 1. The summed E-state index contributed by atoms with van der Waals surface area (Å²) in [7, 11) is 0. The predicted molar refractivity (Wildman–Crippen MR) is 67.9 cm³/mol. The summed E-state index contributed by atoms with van der Waals surface area (Å²) in [4.78, 5) is 4.34. The maximum Gasteiger partial charge on any atom is 0.159 e. The molecule has 0 atom stereocenters. The van der Waals surface area contributed by atoms with Gasteiger partial charge in [-0.25, -0.2) is 13.8 Å². The number of nitrogens with zero attached hydrogens (tertiary/aromatic N) is 1. The molecule has 0 unspecified atom stereocenters. The smallest absolute Gasteiger partial charge is 0.159 e. The van der Waals surface area contributed by atoms with Crippen LogP contribution < -0.4 is 5.73 Å². The van der Waals surface area contributed by atoms with E-state index in [4.69, 9.17) is 5.73 Å². The molecule has 0 fully saturated rings. The summed E-state index contributed by atoms with van der Waals surface area (Å²) in [5, 5.41) is 0.652. The Hall–Kier alpha value is -0.850. The Labute approximate surface area is 110 Å². The third kappa shape index (κ3) is 2.70.